The number of pyridine rings is 1. The van der Waals surface area contributed by atoms with Crippen LogP contribution in [0, 0.1) is 6.92 Å². The van der Waals surface area contributed by atoms with Gasteiger partial charge in [-0.05, 0) is 67.1 Å². The monoisotopic (exact) mass is 411 g/mol. The summed E-state index contributed by atoms with van der Waals surface area (Å²) in [7, 11) is 5.61. The van der Waals surface area contributed by atoms with Gasteiger partial charge in [0, 0.05) is 36.4 Å². The maximum Gasteiger partial charge on any atom is 0.256 e. The molecular weight excluding hydrogens is 386 g/mol. The van der Waals surface area contributed by atoms with Gasteiger partial charge in [0.1, 0.15) is 5.75 Å². The number of hydrogen-bond donors (Lipinski definition) is 1. The third-order valence-electron chi connectivity index (χ3n) is 5.37. The van der Waals surface area contributed by atoms with Crippen LogP contribution < -0.4 is 15.0 Å². The fourth-order valence-corrected chi connectivity index (χ4v) is 3.67. The number of rotatable bonds is 5. The topological polar surface area (TPSA) is 54.5 Å². The molecule has 1 N–H and O–H groups in total. The van der Waals surface area contributed by atoms with Gasteiger partial charge in [0.05, 0.1) is 23.9 Å². The predicted octanol–water partition coefficient (Wildman–Crippen LogP) is 5.54. The van der Waals surface area contributed by atoms with E-state index in [1.165, 1.54) is 0 Å². The van der Waals surface area contributed by atoms with Gasteiger partial charge in [0.2, 0.25) is 0 Å². The van der Waals surface area contributed by atoms with E-state index in [2.05, 4.69) is 5.32 Å². The van der Waals surface area contributed by atoms with E-state index in [0.717, 1.165) is 44.8 Å². The lowest BCUT2D eigenvalue weighted by atomic mass is 9.97. The van der Waals surface area contributed by atoms with Crippen molar-refractivity contribution < 1.29 is 9.53 Å². The molecule has 4 aromatic rings. The van der Waals surface area contributed by atoms with Crippen LogP contribution in [-0.2, 0) is 0 Å². The van der Waals surface area contributed by atoms with E-state index in [-0.39, 0.29) is 5.91 Å². The van der Waals surface area contributed by atoms with Crippen molar-refractivity contribution in [2.75, 3.05) is 31.4 Å². The van der Waals surface area contributed by atoms with Gasteiger partial charge in [-0.3, -0.25) is 4.79 Å². The summed E-state index contributed by atoms with van der Waals surface area (Å²) in [6.45, 7) is 1.95. The van der Waals surface area contributed by atoms with E-state index in [4.69, 9.17) is 9.72 Å². The number of hydrogen-bond acceptors (Lipinski definition) is 4. The average Bonchev–Trinajstić information content (AvgIpc) is 2.79. The minimum Gasteiger partial charge on any atom is -0.497 e. The molecule has 0 aliphatic heterocycles. The molecule has 0 bridgehead atoms. The number of nitrogens with zero attached hydrogens (tertiary/aromatic N) is 2. The van der Waals surface area contributed by atoms with Crippen LogP contribution in [0.5, 0.6) is 5.75 Å². The van der Waals surface area contributed by atoms with Gasteiger partial charge in [0.15, 0.2) is 0 Å². The first kappa shape index (κ1) is 20.4. The van der Waals surface area contributed by atoms with Gasteiger partial charge in [0.25, 0.3) is 5.91 Å². The molecule has 0 saturated heterocycles. The smallest absolute Gasteiger partial charge is 0.256 e. The number of carbonyl (C=O) groups is 1. The Bertz CT molecular complexity index is 1230. The number of amides is 1. The van der Waals surface area contributed by atoms with Crippen molar-refractivity contribution in [3.05, 3.63) is 83.9 Å². The lowest BCUT2D eigenvalue weighted by Crippen LogP contribution is -2.15. The molecule has 0 spiro atoms. The molecule has 5 heteroatoms. The van der Waals surface area contributed by atoms with Crippen LogP contribution in [0.1, 0.15) is 15.9 Å². The van der Waals surface area contributed by atoms with Crippen molar-refractivity contribution in [2.45, 2.75) is 6.92 Å². The Hall–Kier alpha value is -3.86. The minimum atomic E-state index is -0.150. The molecule has 0 unspecified atom stereocenters. The molecule has 1 heterocycles. The number of fused-ring (bicyclic) bond motifs is 1. The van der Waals surface area contributed by atoms with E-state index in [0.29, 0.717) is 5.56 Å². The van der Waals surface area contributed by atoms with Gasteiger partial charge in [-0.25, -0.2) is 4.98 Å². The molecule has 1 aromatic heterocycles. The van der Waals surface area contributed by atoms with Gasteiger partial charge < -0.3 is 15.0 Å². The van der Waals surface area contributed by atoms with Crippen LogP contribution in [0.15, 0.2) is 72.8 Å². The fraction of sp³-hybridized carbons (Fsp3) is 0.154. The number of ether oxygens (including phenoxy) is 1. The third kappa shape index (κ3) is 4.08. The summed E-state index contributed by atoms with van der Waals surface area (Å²) in [5.74, 6) is 0.629. The normalized spacial score (nSPS) is 10.7. The molecule has 156 valence electrons. The second kappa shape index (κ2) is 8.48. The average molecular weight is 412 g/mol. The summed E-state index contributed by atoms with van der Waals surface area (Å²) in [6, 6.07) is 23.3. The van der Waals surface area contributed by atoms with Crippen molar-refractivity contribution in [1.29, 1.82) is 0 Å². The molecule has 5 nitrogen and oxygen atoms in total. The Morgan fingerprint density at radius 3 is 2.26 bits per heavy atom. The summed E-state index contributed by atoms with van der Waals surface area (Å²) in [6.07, 6.45) is 0. The molecular formula is C26H25N3O2. The zero-order valence-electron chi connectivity index (χ0n) is 18.1. The van der Waals surface area contributed by atoms with Crippen molar-refractivity contribution >= 4 is 28.2 Å². The largest absolute Gasteiger partial charge is 0.497 e. The molecule has 4 rings (SSSR count). The zero-order chi connectivity index (χ0) is 22.0. The second-order valence-corrected chi connectivity index (χ2v) is 7.60. The van der Waals surface area contributed by atoms with Crippen molar-refractivity contribution in [3.63, 3.8) is 0 Å². The lowest BCUT2D eigenvalue weighted by molar-refractivity contribution is 0.102. The van der Waals surface area contributed by atoms with Crippen LogP contribution in [0.3, 0.4) is 0 Å². The summed E-state index contributed by atoms with van der Waals surface area (Å²) in [4.78, 5) is 20.3. The molecule has 3 aromatic carbocycles. The van der Waals surface area contributed by atoms with Crippen LogP contribution >= 0.6 is 0 Å². The quantitative estimate of drug-likeness (QED) is 0.469. The summed E-state index contributed by atoms with van der Waals surface area (Å²) < 4.78 is 5.27. The van der Waals surface area contributed by atoms with Crippen LogP contribution in [-0.4, -0.2) is 32.1 Å². The SMILES string of the molecule is COc1ccc(-c2nc3ccccc3c(C(=O)Nc3ccc(N(C)C)cc3)c2C)cc1. The fourth-order valence-electron chi connectivity index (χ4n) is 3.67. The van der Waals surface area contributed by atoms with Crippen LogP contribution in [0.25, 0.3) is 22.2 Å². The maximum absolute atomic E-state index is 13.4. The number of methoxy groups -OCH3 is 1. The Morgan fingerprint density at radius 2 is 1.61 bits per heavy atom. The first-order valence-electron chi connectivity index (χ1n) is 10.1. The Labute approximate surface area is 182 Å². The van der Waals surface area contributed by atoms with Crippen LogP contribution in [0.4, 0.5) is 11.4 Å². The highest BCUT2D eigenvalue weighted by Crippen LogP contribution is 2.31. The summed E-state index contributed by atoms with van der Waals surface area (Å²) >= 11 is 0. The maximum atomic E-state index is 13.4. The summed E-state index contributed by atoms with van der Waals surface area (Å²) in [5.41, 5.74) is 5.81. The van der Waals surface area contributed by atoms with Crippen LogP contribution in [0.2, 0.25) is 0 Å². The third-order valence-corrected chi connectivity index (χ3v) is 5.37. The number of anilines is 2. The summed E-state index contributed by atoms with van der Waals surface area (Å²) in [5, 5.41) is 3.88. The highest BCUT2D eigenvalue weighted by molar-refractivity contribution is 6.14. The molecule has 0 saturated carbocycles. The highest BCUT2D eigenvalue weighted by atomic mass is 16.5. The first-order chi connectivity index (χ1) is 15.0. The predicted molar refractivity (Wildman–Crippen MR) is 127 cm³/mol. The first-order valence-corrected chi connectivity index (χ1v) is 10.1. The van der Waals surface area contributed by atoms with Gasteiger partial charge in [-0.2, -0.15) is 0 Å². The number of nitrogens with one attached hydrogen (secondary N) is 1. The number of benzene rings is 3. The van der Waals surface area contributed by atoms with Gasteiger partial charge >= 0.3 is 0 Å². The van der Waals surface area contributed by atoms with E-state index in [1.54, 1.807) is 7.11 Å². The number of carbonyl (C=O) groups excluding carboxylic acids is 1. The molecule has 0 radical (unpaired) electrons. The van der Waals surface area contributed by atoms with Gasteiger partial charge in [-0.1, -0.05) is 18.2 Å². The number of para-hydroxylation sites is 1. The molecule has 0 fully saturated rings. The minimum absolute atomic E-state index is 0.150. The molecule has 0 aliphatic carbocycles. The standard InChI is InChI=1S/C26H25N3O2/c1-17-24(26(30)27-19-11-13-20(14-12-19)29(2)3)22-7-5-6-8-23(22)28-25(17)18-9-15-21(31-4)16-10-18/h5-16H,1-4H3,(H,27,30). The Morgan fingerprint density at radius 1 is 0.935 bits per heavy atom. The van der Waals surface area contributed by atoms with E-state index in [1.807, 2.05) is 98.7 Å². The molecule has 0 aliphatic rings. The lowest BCUT2D eigenvalue weighted by Gasteiger charge is -2.16. The van der Waals surface area contributed by atoms with E-state index in [9.17, 15) is 4.79 Å². The van der Waals surface area contributed by atoms with Gasteiger partial charge in [-0.15, -0.1) is 0 Å². The van der Waals surface area contributed by atoms with Crippen molar-refractivity contribution in [3.8, 4) is 17.0 Å². The molecule has 1 amide bonds. The highest BCUT2D eigenvalue weighted by Gasteiger charge is 2.19. The zero-order valence-corrected chi connectivity index (χ0v) is 18.1. The molecule has 0 atom stereocenters. The Kier molecular flexibility index (Phi) is 5.58. The second-order valence-electron chi connectivity index (χ2n) is 7.60. The van der Waals surface area contributed by atoms with Crippen molar-refractivity contribution in [1.82, 2.24) is 4.98 Å². The van der Waals surface area contributed by atoms with E-state index >= 15 is 0 Å². The van der Waals surface area contributed by atoms with Crippen molar-refractivity contribution in [2.24, 2.45) is 0 Å². The molecule has 31 heavy (non-hydrogen) atoms. The number of aromatic nitrogens is 1. The Balaban J connectivity index is 1.78. The van der Waals surface area contributed by atoms with E-state index < -0.39 is 0 Å².